The Morgan fingerprint density at radius 2 is 2.00 bits per heavy atom. The molecule has 2 amide bonds. The molecule has 0 aromatic heterocycles. The Bertz CT molecular complexity index is 755. The van der Waals surface area contributed by atoms with E-state index in [2.05, 4.69) is 12.2 Å². The number of para-hydroxylation sites is 1. The number of hydrogen-bond donors (Lipinski definition) is 1. The van der Waals surface area contributed by atoms with Gasteiger partial charge in [-0.25, -0.2) is 0 Å². The van der Waals surface area contributed by atoms with Crippen LogP contribution in [-0.2, 0) is 17.8 Å². The number of carbonyl (C=O) groups excluding carboxylic acids is 2. The molecule has 0 bridgehead atoms. The number of anilines is 1. The van der Waals surface area contributed by atoms with Crippen LogP contribution in [0.1, 0.15) is 41.3 Å². The lowest BCUT2D eigenvalue weighted by atomic mass is 10.1. The third-order valence-electron chi connectivity index (χ3n) is 4.38. The second-order valence-electron chi connectivity index (χ2n) is 6.08. The Morgan fingerprint density at radius 3 is 2.75 bits per heavy atom. The van der Waals surface area contributed by atoms with Crippen LogP contribution < -0.4 is 5.32 Å². The largest absolute Gasteiger partial charge is 0.338 e. The minimum absolute atomic E-state index is 0.120. The zero-order valence-corrected chi connectivity index (χ0v) is 13.9. The average Bonchev–Trinajstić information content (AvgIpc) is 3.00. The van der Waals surface area contributed by atoms with Gasteiger partial charge in [0.2, 0.25) is 5.91 Å². The van der Waals surface area contributed by atoms with Gasteiger partial charge < -0.3 is 10.2 Å². The van der Waals surface area contributed by atoms with Gasteiger partial charge in [-0.2, -0.15) is 0 Å². The maximum atomic E-state index is 12.5. The molecular weight excluding hydrogens is 300 g/mol. The third-order valence-corrected chi connectivity index (χ3v) is 4.38. The lowest BCUT2D eigenvalue weighted by molar-refractivity contribution is -0.128. The molecule has 0 spiro atoms. The lowest BCUT2D eigenvalue weighted by Crippen LogP contribution is -2.24. The van der Waals surface area contributed by atoms with Crippen molar-refractivity contribution in [2.45, 2.75) is 32.7 Å². The van der Waals surface area contributed by atoms with Gasteiger partial charge in [0.25, 0.3) is 5.91 Å². The van der Waals surface area contributed by atoms with Gasteiger partial charge >= 0.3 is 0 Å². The predicted molar refractivity (Wildman–Crippen MR) is 94.9 cm³/mol. The summed E-state index contributed by atoms with van der Waals surface area (Å²) < 4.78 is 0. The van der Waals surface area contributed by atoms with E-state index in [4.69, 9.17) is 0 Å². The van der Waals surface area contributed by atoms with Gasteiger partial charge in [-0.15, -0.1) is 0 Å². The first-order valence-corrected chi connectivity index (χ1v) is 8.43. The molecule has 1 N–H and O–H groups in total. The molecule has 0 aliphatic carbocycles. The van der Waals surface area contributed by atoms with Crippen molar-refractivity contribution in [1.29, 1.82) is 0 Å². The van der Waals surface area contributed by atoms with E-state index in [-0.39, 0.29) is 11.8 Å². The van der Waals surface area contributed by atoms with Crippen LogP contribution in [0.4, 0.5) is 5.69 Å². The molecule has 0 saturated carbocycles. The number of nitrogens with zero attached hydrogens (tertiary/aromatic N) is 1. The molecule has 1 fully saturated rings. The first-order valence-electron chi connectivity index (χ1n) is 8.43. The normalized spacial score (nSPS) is 14.0. The highest BCUT2D eigenvalue weighted by Crippen LogP contribution is 2.18. The summed E-state index contributed by atoms with van der Waals surface area (Å²) >= 11 is 0. The lowest BCUT2D eigenvalue weighted by Gasteiger charge is -2.16. The highest BCUT2D eigenvalue weighted by molar-refractivity contribution is 6.04. The van der Waals surface area contributed by atoms with Crippen LogP contribution in [0.15, 0.2) is 48.5 Å². The van der Waals surface area contributed by atoms with Crippen LogP contribution in [0.2, 0.25) is 0 Å². The number of amides is 2. The summed E-state index contributed by atoms with van der Waals surface area (Å²) in [4.78, 5) is 26.2. The Kier molecular flexibility index (Phi) is 4.94. The Balaban J connectivity index is 1.73. The van der Waals surface area contributed by atoms with Gasteiger partial charge in [-0.05, 0) is 42.2 Å². The maximum absolute atomic E-state index is 12.5. The molecule has 24 heavy (non-hydrogen) atoms. The summed E-state index contributed by atoms with van der Waals surface area (Å²) in [6.07, 6.45) is 2.42. The number of rotatable bonds is 5. The molecule has 1 saturated heterocycles. The number of carbonyl (C=O) groups is 2. The molecule has 2 aromatic rings. The van der Waals surface area contributed by atoms with Crippen LogP contribution in [0.25, 0.3) is 0 Å². The zero-order chi connectivity index (χ0) is 16.9. The van der Waals surface area contributed by atoms with Crippen molar-refractivity contribution in [2.24, 2.45) is 0 Å². The van der Waals surface area contributed by atoms with Crippen LogP contribution in [0, 0.1) is 0 Å². The second kappa shape index (κ2) is 7.30. The summed E-state index contributed by atoms with van der Waals surface area (Å²) in [6.45, 7) is 3.45. The fourth-order valence-corrected chi connectivity index (χ4v) is 3.05. The Hall–Kier alpha value is -2.62. The van der Waals surface area contributed by atoms with Gasteiger partial charge in [0, 0.05) is 30.8 Å². The van der Waals surface area contributed by atoms with E-state index in [9.17, 15) is 9.59 Å². The van der Waals surface area contributed by atoms with Crippen molar-refractivity contribution >= 4 is 17.5 Å². The minimum atomic E-state index is -0.120. The van der Waals surface area contributed by atoms with Crippen molar-refractivity contribution in [2.75, 3.05) is 11.9 Å². The Labute approximate surface area is 142 Å². The summed E-state index contributed by atoms with van der Waals surface area (Å²) in [5, 5.41) is 2.99. The zero-order valence-electron chi connectivity index (χ0n) is 13.9. The number of nitrogens with one attached hydrogen (secondary N) is 1. The summed E-state index contributed by atoms with van der Waals surface area (Å²) in [5.74, 6) is 0.0761. The predicted octanol–water partition coefficient (Wildman–Crippen LogP) is 3.62. The van der Waals surface area contributed by atoms with E-state index < -0.39 is 0 Å². The molecule has 3 rings (SSSR count). The molecule has 0 radical (unpaired) electrons. The van der Waals surface area contributed by atoms with Crippen LogP contribution >= 0.6 is 0 Å². The highest BCUT2D eigenvalue weighted by Gasteiger charge is 2.20. The van der Waals surface area contributed by atoms with Crippen molar-refractivity contribution in [1.82, 2.24) is 4.90 Å². The smallest absolute Gasteiger partial charge is 0.255 e. The molecule has 4 nitrogen and oxygen atoms in total. The van der Waals surface area contributed by atoms with E-state index in [1.54, 1.807) is 6.07 Å². The van der Waals surface area contributed by atoms with Crippen LogP contribution in [0.5, 0.6) is 0 Å². The summed E-state index contributed by atoms with van der Waals surface area (Å²) in [7, 11) is 0. The number of aryl methyl sites for hydroxylation is 1. The van der Waals surface area contributed by atoms with Gasteiger partial charge in [0.15, 0.2) is 0 Å². The van der Waals surface area contributed by atoms with Crippen LogP contribution in [0.3, 0.4) is 0 Å². The van der Waals surface area contributed by atoms with Crippen molar-refractivity contribution in [3.63, 3.8) is 0 Å². The second-order valence-corrected chi connectivity index (χ2v) is 6.08. The van der Waals surface area contributed by atoms with E-state index in [0.29, 0.717) is 18.5 Å². The monoisotopic (exact) mass is 322 g/mol. The standard InChI is InChI=1S/C20H22N2O2/c1-2-16-8-3-4-10-18(16)21-20(24)17-9-5-7-15(13-17)14-22-12-6-11-19(22)23/h3-5,7-10,13H,2,6,11-12,14H2,1H3,(H,21,24). The highest BCUT2D eigenvalue weighted by atomic mass is 16.2. The molecule has 0 atom stereocenters. The number of benzene rings is 2. The molecule has 124 valence electrons. The molecule has 1 aliphatic rings. The molecule has 4 heteroatoms. The van der Waals surface area contributed by atoms with E-state index in [1.807, 2.05) is 47.4 Å². The molecule has 0 unspecified atom stereocenters. The van der Waals surface area contributed by atoms with Crippen molar-refractivity contribution < 1.29 is 9.59 Å². The van der Waals surface area contributed by atoms with Gasteiger partial charge in [0.05, 0.1) is 0 Å². The summed E-state index contributed by atoms with van der Waals surface area (Å²) in [6, 6.07) is 15.3. The molecule has 2 aromatic carbocycles. The van der Waals surface area contributed by atoms with E-state index in [0.717, 1.165) is 36.2 Å². The fraction of sp³-hybridized carbons (Fsp3) is 0.300. The van der Waals surface area contributed by atoms with E-state index >= 15 is 0 Å². The topological polar surface area (TPSA) is 49.4 Å². The van der Waals surface area contributed by atoms with Crippen LogP contribution in [-0.4, -0.2) is 23.3 Å². The molecule has 1 heterocycles. The number of hydrogen-bond acceptors (Lipinski definition) is 2. The maximum Gasteiger partial charge on any atom is 0.255 e. The third kappa shape index (κ3) is 3.65. The summed E-state index contributed by atoms with van der Waals surface area (Å²) in [5.41, 5.74) is 3.57. The number of likely N-dealkylation sites (tertiary alicyclic amines) is 1. The Morgan fingerprint density at radius 1 is 1.17 bits per heavy atom. The first-order chi connectivity index (χ1) is 11.7. The van der Waals surface area contributed by atoms with E-state index in [1.165, 1.54) is 0 Å². The molecule has 1 aliphatic heterocycles. The van der Waals surface area contributed by atoms with Gasteiger partial charge in [0.1, 0.15) is 0 Å². The van der Waals surface area contributed by atoms with Gasteiger partial charge in [-0.1, -0.05) is 37.3 Å². The molecular formula is C20H22N2O2. The van der Waals surface area contributed by atoms with Crippen molar-refractivity contribution in [3.05, 3.63) is 65.2 Å². The average molecular weight is 322 g/mol. The minimum Gasteiger partial charge on any atom is -0.338 e. The van der Waals surface area contributed by atoms with Gasteiger partial charge in [-0.3, -0.25) is 9.59 Å². The first kappa shape index (κ1) is 16.2. The fourth-order valence-electron chi connectivity index (χ4n) is 3.05. The van der Waals surface area contributed by atoms with Crippen molar-refractivity contribution in [3.8, 4) is 0 Å². The quantitative estimate of drug-likeness (QED) is 0.914. The SMILES string of the molecule is CCc1ccccc1NC(=O)c1cccc(CN2CCCC2=O)c1.